The normalized spacial score (nSPS) is 14.7. The van der Waals surface area contributed by atoms with Crippen molar-refractivity contribution in [3.63, 3.8) is 0 Å². The average molecular weight is 1000 g/mol. The largest absolute Gasteiger partial charge is 0.0751 e. The monoisotopic (exact) mass is 1000 g/mol. The van der Waals surface area contributed by atoms with E-state index < -0.39 is 0 Å². The summed E-state index contributed by atoms with van der Waals surface area (Å²) in [5, 5.41) is 7.83. The first kappa shape index (κ1) is 44.5. The van der Waals surface area contributed by atoms with Gasteiger partial charge in [-0.2, -0.15) is 0 Å². The van der Waals surface area contributed by atoms with Crippen molar-refractivity contribution in [2.45, 2.75) is 31.6 Å². The number of fused-ring (bicyclic) bond motifs is 11. The highest BCUT2D eigenvalue weighted by Crippen LogP contribution is 2.62. The molecule has 0 aromatic heterocycles. The van der Waals surface area contributed by atoms with Crippen LogP contribution in [-0.4, -0.2) is 0 Å². The van der Waals surface area contributed by atoms with Gasteiger partial charge in [-0.3, -0.25) is 0 Å². The second-order valence-corrected chi connectivity index (χ2v) is 22.8. The third kappa shape index (κ3) is 6.20. The Morgan fingerprint density at radius 1 is 0.278 bits per heavy atom. The fourth-order valence-corrected chi connectivity index (χ4v) is 15.2. The lowest BCUT2D eigenvalue weighted by atomic mass is 9.76. The van der Waals surface area contributed by atoms with Gasteiger partial charge in [-0.05, 0) is 190 Å². The molecule has 368 valence electrons. The summed E-state index contributed by atoms with van der Waals surface area (Å²) < 4.78 is 0. The molecule has 0 saturated heterocycles. The van der Waals surface area contributed by atoms with Crippen LogP contribution in [0.3, 0.4) is 0 Å². The van der Waals surface area contributed by atoms with Gasteiger partial charge in [0.1, 0.15) is 0 Å². The number of hydrogen-bond acceptors (Lipinski definition) is 0. The molecular formula is C79H52. The number of rotatable bonds is 6. The van der Waals surface area contributed by atoms with Crippen LogP contribution in [0.15, 0.2) is 261 Å². The Bertz CT molecular complexity index is 4690. The van der Waals surface area contributed by atoms with Crippen molar-refractivity contribution in [1.82, 2.24) is 0 Å². The summed E-state index contributed by atoms with van der Waals surface area (Å²) in [5.41, 5.74) is 33.1. The van der Waals surface area contributed by atoms with Crippen molar-refractivity contribution in [3.05, 3.63) is 294 Å². The van der Waals surface area contributed by atoms with Gasteiger partial charge >= 0.3 is 0 Å². The van der Waals surface area contributed by atoms with Crippen LogP contribution in [0.25, 0.3) is 138 Å². The Balaban J connectivity index is 0.787. The summed E-state index contributed by atoms with van der Waals surface area (Å²) in [5.74, 6) is 0.247. The molecule has 0 heteroatoms. The first-order valence-corrected chi connectivity index (χ1v) is 28.1. The van der Waals surface area contributed by atoms with Gasteiger partial charge in [0.2, 0.25) is 0 Å². The Morgan fingerprint density at radius 2 is 0.684 bits per heavy atom. The summed E-state index contributed by atoms with van der Waals surface area (Å²) in [6.07, 6.45) is 3.51. The Kier molecular flexibility index (Phi) is 9.40. The maximum atomic E-state index is 2.56. The zero-order valence-corrected chi connectivity index (χ0v) is 44.1. The topological polar surface area (TPSA) is 0 Å². The molecule has 4 aliphatic rings. The first-order valence-electron chi connectivity index (χ1n) is 28.1. The van der Waals surface area contributed by atoms with E-state index in [0.717, 1.165) is 6.42 Å². The molecule has 0 radical (unpaired) electrons. The molecule has 4 aliphatic carbocycles. The predicted molar refractivity (Wildman–Crippen MR) is 334 cm³/mol. The average Bonchev–Trinajstić information content (AvgIpc) is 3.13. The van der Waals surface area contributed by atoms with Gasteiger partial charge in [-0.15, -0.1) is 0 Å². The second kappa shape index (κ2) is 16.7. The van der Waals surface area contributed by atoms with Crippen LogP contribution < -0.4 is 0 Å². The molecule has 0 amide bonds. The van der Waals surface area contributed by atoms with Crippen LogP contribution in [0.1, 0.15) is 59.6 Å². The van der Waals surface area contributed by atoms with E-state index in [4.69, 9.17) is 0 Å². The van der Waals surface area contributed by atoms with Crippen molar-refractivity contribution in [1.29, 1.82) is 0 Å². The van der Waals surface area contributed by atoms with E-state index in [1.807, 2.05) is 0 Å². The summed E-state index contributed by atoms with van der Waals surface area (Å²) in [6, 6.07) is 96.1. The van der Waals surface area contributed by atoms with E-state index >= 15 is 0 Å². The van der Waals surface area contributed by atoms with Crippen LogP contribution >= 0.6 is 0 Å². The molecule has 13 aromatic rings. The fourth-order valence-electron chi connectivity index (χ4n) is 15.2. The van der Waals surface area contributed by atoms with E-state index in [-0.39, 0.29) is 11.3 Å². The molecule has 17 rings (SSSR count). The molecule has 1 atom stereocenters. The number of hydrogen-bond donors (Lipinski definition) is 0. The summed E-state index contributed by atoms with van der Waals surface area (Å²) in [6.45, 7) is 4.89. The van der Waals surface area contributed by atoms with E-state index in [9.17, 15) is 0 Å². The van der Waals surface area contributed by atoms with Crippen molar-refractivity contribution in [2.75, 3.05) is 0 Å². The van der Waals surface area contributed by atoms with Crippen molar-refractivity contribution >= 4 is 37.9 Å². The Morgan fingerprint density at radius 3 is 1.25 bits per heavy atom. The minimum absolute atomic E-state index is 0.223. The second-order valence-electron chi connectivity index (χ2n) is 22.8. The van der Waals surface area contributed by atoms with Crippen molar-refractivity contribution < 1.29 is 0 Å². The van der Waals surface area contributed by atoms with Crippen LogP contribution in [0.4, 0.5) is 0 Å². The lowest BCUT2D eigenvalue weighted by Crippen LogP contribution is -2.15. The van der Waals surface area contributed by atoms with Crippen LogP contribution in [-0.2, 0) is 5.41 Å². The van der Waals surface area contributed by atoms with Gasteiger partial charge in [0.15, 0.2) is 0 Å². The van der Waals surface area contributed by atoms with Crippen molar-refractivity contribution in [3.8, 4) is 100 Å². The van der Waals surface area contributed by atoms with E-state index in [0.29, 0.717) is 0 Å². The molecule has 13 aromatic carbocycles. The van der Waals surface area contributed by atoms with Crippen molar-refractivity contribution in [2.24, 2.45) is 0 Å². The predicted octanol–water partition coefficient (Wildman–Crippen LogP) is 21.4. The standard InChI is InChI=1S/C79H52/c1-79(2)67-45-51(53-41-43-65-73-57(53)33-19-35-63(73)75-69(47-21-7-3-8-22-47)59-29-15-17-31-61(59)71(77(65)75)49-25-11-5-12-26-49)37-39-55(67)56-40-38-52(46-68(56)79)54-42-44-66-74-58(54)34-20-36-64(74)76-70(48-23-9-4-10-24-48)60-30-16-18-32-62(60)72(78(66)76)50-27-13-6-14-28-50/h3-43,45-46,66H,44H2,1-2H3. The highest BCUT2D eigenvalue weighted by atomic mass is 14.4. The van der Waals surface area contributed by atoms with Gasteiger partial charge in [-0.25, -0.2) is 0 Å². The molecular weight excluding hydrogens is 949 g/mol. The smallest absolute Gasteiger partial charge is 0.0159 e. The number of benzene rings is 13. The molecule has 0 aliphatic heterocycles. The Hall–Kier alpha value is -9.62. The minimum atomic E-state index is -0.223. The highest BCUT2D eigenvalue weighted by molar-refractivity contribution is 6.29. The van der Waals surface area contributed by atoms with Crippen LogP contribution in [0, 0.1) is 0 Å². The lowest BCUT2D eigenvalue weighted by Gasteiger charge is -2.27. The molecule has 0 fully saturated rings. The zero-order chi connectivity index (χ0) is 52.1. The van der Waals surface area contributed by atoms with Gasteiger partial charge in [0.05, 0.1) is 0 Å². The lowest BCUT2D eigenvalue weighted by molar-refractivity contribution is 0.660. The maximum absolute atomic E-state index is 2.56. The van der Waals surface area contributed by atoms with Gasteiger partial charge in [-0.1, -0.05) is 263 Å². The number of allylic oxidation sites excluding steroid dienone is 1. The third-order valence-corrected chi connectivity index (χ3v) is 18.5. The molecule has 0 saturated carbocycles. The summed E-state index contributed by atoms with van der Waals surface area (Å²) in [7, 11) is 0. The maximum Gasteiger partial charge on any atom is 0.0159 e. The third-order valence-electron chi connectivity index (χ3n) is 18.5. The van der Waals surface area contributed by atoms with Crippen LogP contribution in [0.5, 0.6) is 0 Å². The minimum Gasteiger partial charge on any atom is -0.0751 e. The quantitative estimate of drug-likeness (QED) is 0.156. The van der Waals surface area contributed by atoms with Crippen LogP contribution in [0.2, 0.25) is 0 Å². The van der Waals surface area contributed by atoms with Gasteiger partial charge in [0, 0.05) is 11.3 Å². The molecule has 0 heterocycles. The molecule has 0 N–H and O–H groups in total. The van der Waals surface area contributed by atoms with Gasteiger partial charge < -0.3 is 0 Å². The summed E-state index contributed by atoms with van der Waals surface area (Å²) >= 11 is 0. The SMILES string of the molecule is CC1(C)c2cc(C3=CCC4c5c3cccc5-c3c4c(-c4ccccc4)c4ccccc4c3-c3ccccc3)ccc2-c2ccc(-c3ccc4c5c(cccc35)-c3c-4c(-c4ccccc4)c4ccccc4c3-c3ccccc3)cc21. The Labute approximate surface area is 461 Å². The molecule has 0 spiro atoms. The zero-order valence-electron chi connectivity index (χ0n) is 44.1. The van der Waals surface area contributed by atoms with E-state index in [1.165, 1.54) is 171 Å². The molecule has 1 unspecified atom stereocenters. The summed E-state index contributed by atoms with van der Waals surface area (Å²) in [4.78, 5) is 0. The highest BCUT2D eigenvalue weighted by Gasteiger charge is 2.41. The van der Waals surface area contributed by atoms with E-state index in [2.05, 4.69) is 275 Å². The molecule has 79 heavy (non-hydrogen) atoms. The molecule has 0 nitrogen and oxygen atoms in total. The fraction of sp³-hybridized carbons (Fsp3) is 0.0633. The van der Waals surface area contributed by atoms with E-state index in [1.54, 1.807) is 0 Å². The molecule has 0 bridgehead atoms. The first-order chi connectivity index (χ1) is 39.0. The van der Waals surface area contributed by atoms with Gasteiger partial charge in [0.25, 0.3) is 0 Å².